The van der Waals surface area contributed by atoms with Crippen LogP contribution in [0.5, 0.6) is 0 Å². The molecule has 0 aromatic rings. The van der Waals surface area contributed by atoms with Crippen LogP contribution >= 0.6 is 0 Å². The second-order valence-corrected chi connectivity index (χ2v) is 7.03. The first-order chi connectivity index (χ1) is 6.91. The summed E-state index contributed by atoms with van der Waals surface area (Å²) in [5.74, 6) is 1.76. The van der Waals surface area contributed by atoms with Gasteiger partial charge >= 0.3 is 0 Å². The van der Waals surface area contributed by atoms with Crippen molar-refractivity contribution < 1.29 is 0 Å². The van der Waals surface area contributed by atoms with Crippen LogP contribution in [0.3, 0.4) is 0 Å². The molecule has 0 amide bonds. The molecular formula is C14H27N. The van der Waals surface area contributed by atoms with Gasteiger partial charge in [0.1, 0.15) is 0 Å². The van der Waals surface area contributed by atoms with E-state index in [0.29, 0.717) is 5.41 Å². The number of rotatable bonds is 1. The van der Waals surface area contributed by atoms with Crippen LogP contribution in [-0.2, 0) is 0 Å². The molecule has 0 heterocycles. The average molecular weight is 209 g/mol. The SMILES string of the molecule is CC1CCC(C2(N)CCC(C)(C)C2)CC1. The van der Waals surface area contributed by atoms with E-state index in [1.807, 2.05) is 0 Å². The third kappa shape index (κ3) is 2.38. The van der Waals surface area contributed by atoms with E-state index in [1.165, 1.54) is 44.9 Å². The molecule has 0 aliphatic heterocycles. The Morgan fingerprint density at radius 2 is 1.60 bits per heavy atom. The topological polar surface area (TPSA) is 26.0 Å². The lowest BCUT2D eigenvalue weighted by Crippen LogP contribution is -2.46. The van der Waals surface area contributed by atoms with E-state index in [1.54, 1.807) is 0 Å². The predicted molar refractivity (Wildman–Crippen MR) is 65.7 cm³/mol. The van der Waals surface area contributed by atoms with Crippen LogP contribution in [0.1, 0.15) is 65.7 Å². The quantitative estimate of drug-likeness (QED) is 0.700. The number of hydrogen-bond acceptors (Lipinski definition) is 1. The zero-order valence-corrected chi connectivity index (χ0v) is 10.7. The molecule has 0 aromatic carbocycles. The standard InChI is InChI=1S/C14H27N/c1-11-4-6-12(7-5-11)14(15)9-8-13(2,3)10-14/h11-12H,4-10,15H2,1-3H3. The van der Waals surface area contributed by atoms with E-state index in [9.17, 15) is 0 Å². The third-order valence-electron chi connectivity index (χ3n) is 4.90. The Labute approximate surface area is 94.8 Å². The third-order valence-corrected chi connectivity index (χ3v) is 4.90. The maximum Gasteiger partial charge on any atom is 0.0188 e. The first kappa shape index (κ1) is 11.4. The second-order valence-electron chi connectivity index (χ2n) is 7.03. The molecule has 15 heavy (non-hydrogen) atoms. The molecule has 0 aromatic heterocycles. The normalized spacial score (nSPS) is 45.6. The highest BCUT2D eigenvalue weighted by atomic mass is 14.8. The van der Waals surface area contributed by atoms with Crippen LogP contribution in [0.25, 0.3) is 0 Å². The zero-order valence-electron chi connectivity index (χ0n) is 10.7. The van der Waals surface area contributed by atoms with Gasteiger partial charge < -0.3 is 5.73 Å². The summed E-state index contributed by atoms with van der Waals surface area (Å²) in [7, 11) is 0. The van der Waals surface area contributed by atoms with Gasteiger partial charge in [-0.25, -0.2) is 0 Å². The lowest BCUT2D eigenvalue weighted by molar-refractivity contribution is 0.170. The molecular weight excluding hydrogens is 182 g/mol. The van der Waals surface area contributed by atoms with E-state index in [2.05, 4.69) is 20.8 Å². The first-order valence-electron chi connectivity index (χ1n) is 6.70. The van der Waals surface area contributed by atoms with Crippen LogP contribution in [0.15, 0.2) is 0 Å². The summed E-state index contributed by atoms with van der Waals surface area (Å²) in [6.45, 7) is 7.15. The van der Waals surface area contributed by atoms with Crippen molar-refractivity contribution in [3.63, 3.8) is 0 Å². The Morgan fingerprint density at radius 1 is 1.00 bits per heavy atom. The molecule has 1 atom stereocenters. The summed E-state index contributed by atoms with van der Waals surface area (Å²) in [4.78, 5) is 0. The molecule has 1 nitrogen and oxygen atoms in total. The fourth-order valence-electron chi connectivity index (χ4n) is 3.82. The van der Waals surface area contributed by atoms with Gasteiger partial charge in [0, 0.05) is 5.54 Å². The van der Waals surface area contributed by atoms with Gasteiger partial charge in [-0.2, -0.15) is 0 Å². The molecule has 2 aliphatic carbocycles. The van der Waals surface area contributed by atoms with Crippen molar-refractivity contribution in [2.24, 2.45) is 23.0 Å². The van der Waals surface area contributed by atoms with Gasteiger partial charge in [0.2, 0.25) is 0 Å². The van der Waals surface area contributed by atoms with Crippen LogP contribution < -0.4 is 5.73 Å². The Hall–Kier alpha value is -0.0400. The highest BCUT2D eigenvalue weighted by Crippen LogP contribution is 2.49. The van der Waals surface area contributed by atoms with Crippen molar-refractivity contribution in [3.8, 4) is 0 Å². The van der Waals surface area contributed by atoms with Crippen molar-refractivity contribution in [2.75, 3.05) is 0 Å². The van der Waals surface area contributed by atoms with E-state index >= 15 is 0 Å². The summed E-state index contributed by atoms with van der Waals surface area (Å²) in [6.07, 6.45) is 9.42. The summed E-state index contributed by atoms with van der Waals surface area (Å²) in [5, 5.41) is 0. The van der Waals surface area contributed by atoms with Gasteiger partial charge in [0.15, 0.2) is 0 Å². The Kier molecular flexibility index (Phi) is 2.87. The largest absolute Gasteiger partial charge is 0.325 e. The maximum absolute atomic E-state index is 6.65. The van der Waals surface area contributed by atoms with E-state index < -0.39 is 0 Å². The molecule has 0 spiro atoms. The lowest BCUT2D eigenvalue weighted by atomic mass is 9.70. The van der Waals surface area contributed by atoms with Crippen LogP contribution in [0.2, 0.25) is 0 Å². The fourth-order valence-corrected chi connectivity index (χ4v) is 3.82. The van der Waals surface area contributed by atoms with E-state index in [-0.39, 0.29) is 5.54 Å². The molecule has 88 valence electrons. The molecule has 0 saturated heterocycles. The minimum atomic E-state index is 0.184. The lowest BCUT2D eigenvalue weighted by Gasteiger charge is -2.39. The van der Waals surface area contributed by atoms with Gasteiger partial charge in [-0.1, -0.05) is 33.6 Å². The number of nitrogens with two attached hydrogens (primary N) is 1. The van der Waals surface area contributed by atoms with Gasteiger partial charge in [-0.05, 0) is 49.4 Å². The number of hydrogen-bond donors (Lipinski definition) is 1. The van der Waals surface area contributed by atoms with Crippen molar-refractivity contribution in [2.45, 2.75) is 71.3 Å². The molecule has 1 heteroatoms. The summed E-state index contributed by atoms with van der Waals surface area (Å²) < 4.78 is 0. The minimum Gasteiger partial charge on any atom is -0.325 e. The smallest absolute Gasteiger partial charge is 0.0188 e. The van der Waals surface area contributed by atoms with Crippen LogP contribution in [-0.4, -0.2) is 5.54 Å². The van der Waals surface area contributed by atoms with Crippen molar-refractivity contribution in [1.29, 1.82) is 0 Å². The molecule has 2 aliphatic rings. The minimum absolute atomic E-state index is 0.184. The first-order valence-corrected chi connectivity index (χ1v) is 6.70. The molecule has 2 saturated carbocycles. The van der Waals surface area contributed by atoms with Crippen LogP contribution in [0, 0.1) is 17.3 Å². The molecule has 0 bridgehead atoms. The Bertz CT molecular complexity index is 225. The highest BCUT2D eigenvalue weighted by Gasteiger charge is 2.45. The molecule has 2 N–H and O–H groups in total. The van der Waals surface area contributed by atoms with E-state index in [0.717, 1.165) is 11.8 Å². The summed E-state index contributed by atoms with van der Waals surface area (Å²) in [5.41, 5.74) is 7.34. The van der Waals surface area contributed by atoms with Gasteiger partial charge in [-0.15, -0.1) is 0 Å². The van der Waals surface area contributed by atoms with Crippen molar-refractivity contribution >= 4 is 0 Å². The Morgan fingerprint density at radius 3 is 2.07 bits per heavy atom. The van der Waals surface area contributed by atoms with Gasteiger partial charge in [0.05, 0.1) is 0 Å². The zero-order chi connectivity index (χ0) is 11.1. The van der Waals surface area contributed by atoms with Gasteiger partial charge in [0.25, 0.3) is 0 Å². The monoisotopic (exact) mass is 209 g/mol. The summed E-state index contributed by atoms with van der Waals surface area (Å²) in [6, 6.07) is 0. The van der Waals surface area contributed by atoms with Crippen molar-refractivity contribution in [1.82, 2.24) is 0 Å². The fraction of sp³-hybridized carbons (Fsp3) is 1.00. The van der Waals surface area contributed by atoms with Crippen LogP contribution in [0.4, 0.5) is 0 Å². The predicted octanol–water partition coefficient (Wildman–Crippen LogP) is 3.72. The summed E-state index contributed by atoms with van der Waals surface area (Å²) >= 11 is 0. The molecule has 2 fully saturated rings. The Balaban J connectivity index is 1.98. The van der Waals surface area contributed by atoms with Gasteiger partial charge in [-0.3, -0.25) is 0 Å². The molecule has 0 radical (unpaired) electrons. The van der Waals surface area contributed by atoms with E-state index in [4.69, 9.17) is 5.73 Å². The maximum atomic E-state index is 6.65. The van der Waals surface area contributed by atoms with Crippen molar-refractivity contribution in [3.05, 3.63) is 0 Å². The molecule has 1 unspecified atom stereocenters. The second kappa shape index (κ2) is 3.76. The average Bonchev–Trinajstić information content (AvgIpc) is 2.43. The highest BCUT2D eigenvalue weighted by molar-refractivity contribution is 5.02. The molecule has 2 rings (SSSR count).